The van der Waals surface area contributed by atoms with Crippen LogP contribution in [0, 0.1) is 5.92 Å². The van der Waals surface area contributed by atoms with Gasteiger partial charge in [0.2, 0.25) is 0 Å². The summed E-state index contributed by atoms with van der Waals surface area (Å²) in [5, 5.41) is 12.5. The van der Waals surface area contributed by atoms with Gasteiger partial charge in [-0.3, -0.25) is 0 Å². The second-order valence-corrected chi connectivity index (χ2v) is 4.62. The van der Waals surface area contributed by atoms with Crippen LogP contribution in [0.25, 0.3) is 0 Å². The van der Waals surface area contributed by atoms with Crippen molar-refractivity contribution >= 4 is 0 Å². The predicted octanol–water partition coefficient (Wildman–Crippen LogP) is 1.33. The fourth-order valence-electron chi connectivity index (χ4n) is 1.78. The third-order valence-corrected chi connectivity index (χ3v) is 2.58. The molecule has 0 aromatic carbocycles. The highest BCUT2D eigenvalue weighted by molar-refractivity contribution is 5.06. The minimum atomic E-state index is 0.256. The Balaban J connectivity index is 2.16. The Morgan fingerprint density at radius 2 is 2.13 bits per heavy atom. The molecule has 15 heavy (non-hydrogen) atoms. The second kappa shape index (κ2) is 6.26. The number of hydrogen-bond acceptors (Lipinski definition) is 3. The standard InChI is InChI=1S/C12H23NO2/c1-9(2)15-8-10(3)13-12-5-4-11(6-12)7-14/h4-5,9-14H,6-8H2,1-3H3/t10-,11+,12-/m1/s1. The van der Waals surface area contributed by atoms with Crippen LogP contribution in [0.5, 0.6) is 0 Å². The zero-order valence-corrected chi connectivity index (χ0v) is 9.94. The summed E-state index contributed by atoms with van der Waals surface area (Å²) in [5.41, 5.74) is 0. The van der Waals surface area contributed by atoms with Gasteiger partial charge in [0, 0.05) is 24.6 Å². The maximum Gasteiger partial charge on any atom is 0.0620 e. The van der Waals surface area contributed by atoms with Crippen LogP contribution < -0.4 is 5.32 Å². The summed E-state index contributed by atoms with van der Waals surface area (Å²) < 4.78 is 5.53. The lowest BCUT2D eigenvalue weighted by molar-refractivity contribution is 0.0629. The van der Waals surface area contributed by atoms with Crippen LogP contribution in [0.1, 0.15) is 27.2 Å². The van der Waals surface area contributed by atoms with Gasteiger partial charge in [-0.25, -0.2) is 0 Å². The highest BCUT2D eigenvalue weighted by atomic mass is 16.5. The zero-order chi connectivity index (χ0) is 11.3. The monoisotopic (exact) mass is 213 g/mol. The van der Waals surface area contributed by atoms with Gasteiger partial charge in [-0.15, -0.1) is 0 Å². The maximum atomic E-state index is 8.99. The van der Waals surface area contributed by atoms with Crippen LogP contribution in [-0.4, -0.2) is 36.5 Å². The Morgan fingerprint density at radius 3 is 2.67 bits per heavy atom. The van der Waals surface area contributed by atoms with Crippen LogP contribution in [0.3, 0.4) is 0 Å². The molecule has 3 atom stereocenters. The maximum absolute atomic E-state index is 8.99. The summed E-state index contributed by atoms with van der Waals surface area (Å²) in [5.74, 6) is 0.334. The van der Waals surface area contributed by atoms with E-state index in [9.17, 15) is 0 Å². The van der Waals surface area contributed by atoms with Gasteiger partial charge in [0.1, 0.15) is 0 Å². The van der Waals surface area contributed by atoms with E-state index in [0.29, 0.717) is 24.1 Å². The lowest BCUT2D eigenvalue weighted by Gasteiger charge is -2.20. The molecule has 3 heteroatoms. The predicted molar refractivity (Wildman–Crippen MR) is 61.8 cm³/mol. The van der Waals surface area contributed by atoms with Crippen molar-refractivity contribution in [2.24, 2.45) is 5.92 Å². The van der Waals surface area contributed by atoms with Crippen molar-refractivity contribution in [3.8, 4) is 0 Å². The first kappa shape index (κ1) is 12.7. The molecular weight excluding hydrogens is 190 g/mol. The van der Waals surface area contributed by atoms with Gasteiger partial charge in [-0.2, -0.15) is 0 Å². The molecule has 0 fully saturated rings. The summed E-state index contributed by atoms with van der Waals surface area (Å²) >= 11 is 0. The number of aliphatic hydroxyl groups excluding tert-OH is 1. The van der Waals surface area contributed by atoms with Crippen LogP contribution in [-0.2, 0) is 4.74 Å². The van der Waals surface area contributed by atoms with Crippen molar-refractivity contribution in [2.75, 3.05) is 13.2 Å². The van der Waals surface area contributed by atoms with E-state index in [2.05, 4.69) is 24.4 Å². The molecule has 88 valence electrons. The summed E-state index contributed by atoms with van der Waals surface area (Å²) in [4.78, 5) is 0. The molecule has 0 bridgehead atoms. The molecule has 0 unspecified atom stereocenters. The third kappa shape index (κ3) is 4.78. The Bertz CT molecular complexity index is 204. The first-order chi connectivity index (χ1) is 7.11. The first-order valence-corrected chi connectivity index (χ1v) is 5.78. The molecule has 0 aromatic rings. The van der Waals surface area contributed by atoms with Crippen LogP contribution in [0.2, 0.25) is 0 Å². The van der Waals surface area contributed by atoms with Crippen LogP contribution in [0.4, 0.5) is 0 Å². The lowest BCUT2D eigenvalue weighted by Crippen LogP contribution is -2.38. The smallest absolute Gasteiger partial charge is 0.0620 e. The number of nitrogens with one attached hydrogen (secondary N) is 1. The topological polar surface area (TPSA) is 41.5 Å². The van der Waals surface area contributed by atoms with E-state index in [1.807, 2.05) is 13.8 Å². The van der Waals surface area contributed by atoms with Crippen molar-refractivity contribution in [3.05, 3.63) is 12.2 Å². The SMILES string of the molecule is CC(C)OC[C@@H](C)N[C@@H]1C=C[C@H](CO)C1. The van der Waals surface area contributed by atoms with E-state index in [0.717, 1.165) is 13.0 Å². The van der Waals surface area contributed by atoms with E-state index < -0.39 is 0 Å². The molecule has 1 rings (SSSR count). The minimum Gasteiger partial charge on any atom is -0.396 e. The zero-order valence-electron chi connectivity index (χ0n) is 9.94. The first-order valence-electron chi connectivity index (χ1n) is 5.78. The molecule has 0 saturated carbocycles. The third-order valence-electron chi connectivity index (χ3n) is 2.58. The molecule has 1 aliphatic rings. The second-order valence-electron chi connectivity index (χ2n) is 4.62. The van der Waals surface area contributed by atoms with Crippen LogP contribution in [0.15, 0.2) is 12.2 Å². The van der Waals surface area contributed by atoms with E-state index in [1.54, 1.807) is 0 Å². The molecule has 1 aliphatic carbocycles. The Hall–Kier alpha value is -0.380. The summed E-state index contributed by atoms with van der Waals surface area (Å²) in [6.07, 6.45) is 5.53. The van der Waals surface area contributed by atoms with Gasteiger partial charge in [0.05, 0.1) is 12.7 Å². The van der Waals surface area contributed by atoms with Crippen LogP contribution >= 0.6 is 0 Å². The highest BCUT2D eigenvalue weighted by Crippen LogP contribution is 2.17. The average molecular weight is 213 g/mol. The van der Waals surface area contributed by atoms with Gasteiger partial charge >= 0.3 is 0 Å². The van der Waals surface area contributed by atoms with Gasteiger partial charge < -0.3 is 15.2 Å². The number of ether oxygens (including phenoxy) is 1. The molecule has 2 N–H and O–H groups in total. The molecule has 0 aliphatic heterocycles. The fourth-order valence-corrected chi connectivity index (χ4v) is 1.78. The summed E-state index contributed by atoms with van der Waals surface area (Å²) in [6.45, 7) is 7.22. The summed E-state index contributed by atoms with van der Waals surface area (Å²) in [6, 6.07) is 0.757. The molecule has 0 spiro atoms. The molecule has 3 nitrogen and oxygen atoms in total. The minimum absolute atomic E-state index is 0.256. The molecule has 0 saturated heterocycles. The highest BCUT2D eigenvalue weighted by Gasteiger charge is 2.19. The number of hydrogen-bond donors (Lipinski definition) is 2. The average Bonchev–Trinajstić information content (AvgIpc) is 2.62. The molecule has 0 radical (unpaired) electrons. The van der Waals surface area contributed by atoms with Crippen molar-refractivity contribution < 1.29 is 9.84 Å². The molecular formula is C12H23NO2. The van der Waals surface area contributed by atoms with Crippen molar-refractivity contribution in [3.63, 3.8) is 0 Å². The van der Waals surface area contributed by atoms with E-state index in [4.69, 9.17) is 9.84 Å². The van der Waals surface area contributed by atoms with E-state index in [1.165, 1.54) is 0 Å². The van der Waals surface area contributed by atoms with E-state index >= 15 is 0 Å². The van der Waals surface area contributed by atoms with Crippen molar-refractivity contribution in [1.82, 2.24) is 5.32 Å². The summed E-state index contributed by atoms with van der Waals surface area (Å²) in [7, 11) is 0. The van der Waals surface area contributed by atoms with Crippen molar-refractivity contribution in [1.29, 1.82) is 0 Å². The number of aliphatic hydroxyl groups is 1. The quantitative estimate of drug-likeness (QED) is 0.654. The van der Waals surface area contributed by atoms with Gasteiger partial charge in [0.15, 0.2) is 0 Å². The van der Waals surface area contributed by atoms with Gasteiger partial charge in [-0.05, 0) is 27.2 Å². The largest absolute Gasteiger partial charge is 0.396 e. The van der Waals surface area contributed by atoms with Gasteiger partial charge in [0.25, 0.3) is 0 Å². The Kier molecular flexibility index (Phi) is 5.29. The Morgan fingerprint density at radius 1 is 1.40 bits per heavy atom. The fraction of sp³-hybridized carbons (Fsp3) is 0.833. The van der Waals surface area contributed by atoms with Crippen molar-refractivity contribution in [2.45, 2.75) is 45.4 Å². The molecule has 0 aromatic heterocycles. The van der Waals surface area contributed by atoms with Gasteiger partial charge in [-0.1, -0.05) is 12.2 Å². The molecule has 0 heterocycles. The lowest BCUT2D eigenvalue weighted by atomic mass is 10.1. The molecule has 0 amide bonds. The van der Waals surface area contributed by atoms with E-state index in [-0.39, 0.29) is 6.61 Å². The number of rotatable bonds is 6. The Labute approximate surface area is 92.5 Å². The normalized spacial score (nSPS) is 27.5.